The molecule has 16 nitrogen and oxygen atoms in total. The Morgan fingerprint density at radius 3 is 1.95 bits per heavy atom. The average Bonchev–Trinajstić information content (AvgIpc) is 3.73. The summed E-state index contributed by atoms with van der Waals surface area (Å²) in [5.74, 6) is 1.46. The highest BCUT2D eigenvalue weighted by atomic mass is 15.7. The van der Waals surface area contributed by atoms with E-state index in [9.17, 15) is 0 Å². The third kappa shape index (κ3) is 1.26. The van der Waals surface area contributed by atoms with Gasteiger partial charge in [-0.25, -0.2) is 68.2 Å². The molecule has 0 fully saturated rings. The van der Waals surface area contributed by atoms with E-state index in [2.05, 4.69) is 58.2 Å². The van der Waals surface area contributed by atoms with Gasteiger partial charge in [-0.2, -0.15) is 0 Å². The molecule has 1 unspecified atom stereocenters. The molecule has 12 heterocycles. The molecule has 170 valence electrons. The normalized spacial score (nSPS) is 20.5. The van der Waals surface area contributed by atoms with Crippen LogP contribution in [0.3, 0.4) is 0 Å². The second-order valence-electron chi connectivity index (χ2n) is 9.37. The Kier molecular flexibility index (Phi) is 1.92. The second-order valence-corrected chi connectivity index (χ2v) is 9.37. The second kappa shape index (κ2) is 4.43. The molecular formula is C21H6N16. The number of nitrogens with zero attached hydrogens (tertiary/aromatic N) is 14. The summed E-state index contributed by atoms with van der Waals surface area (Å²) < 4.78 is 8.30. The van der Waals surface area contributed by atoms with Crippen molar-refractivity contribution in [3.63, 3.8) is 0 Å². The van der Waals surface area contributed by atoms with Crippen LogP contribution in [0.5, 0.6) is 0 Å². The van der Waals surface area contributed by atoms with Gasteiger partial charge in [0.25, 0.3) is 0 Å². The van der Waals surface area contributed by atoms with Crippen LogP contribution in [0, 0.1) is 0 Å². The molecule has 0 bridgehead atoms. The predicted molar refractivity (Wildman–Crippen MR) is 123 cm³/mol. The standard InChI is InChI=1S/C21H6N16/c1-22-5-6(23-1)14-31-16-8-10(27-3-25-8)18-33-20-12-11(28-4-29-12)19-32-17-9-7(24-2-26-9)15-30-13(5)34(14)21(35(15)17,36(16)18)37(19)20/h1-4H,(H,22,23)(H,24,26). The Hall–Kier alpha value is -5.80. The largest absolute Gasteiger partial charge is 0.341 e. The lowest BCUT2D eigenvalue weighted by Gasteiger charge is -2.45. The highest BCUT2D eigenvalue weighted by molar-refractivity contribution is 5.96. The van der Waals surface area contributed by atoms with Gasteiger partial charge < -0.3 is 9.97 Å². The van der Waals surface area contributed by atoms with E-state index in [1.807, 2.05) is 0 Å². The number of H-pyrrole nitrogens is 2. The molecule has 0 aromatic carbocycles. The molecule has 12 rings (SSSR count). The summed E-state index contributed by atoms with van der Waals surface area (Å²) in [7, 11) is 0. The van der Waals surface area contributed by atoms with Crippen LogP contribution in [-0.4, -0.2) is 50.9 Å². The van der Waals surface area contributed by atoms with E-state index in [0.29, 0.717) is 78.3 Å². The molecule has 0 saturated heterocycles. The fourth-order valence-electron chi connectivity index (χ4n) is 6.68. The number of imidazole rings is 2. The van der Waals surface area contributed by atoms with Gasteiger partial charge in [0, 0.05) is 0 Å². The number of fused-ring (bicyclic) bond motifs is 12. The van der Waals surface area contributed by atoms with Gasteiger partial charge in [0.05, 0.1) is 12.7 Å². The van der Waals surface area contributed by atoms with Gasteiger partial charge in [0.15, 0.2) is 45.2 Å². The molecule has 37 heavy (non-hydrogen) atoms. The van der Waals surface area contributed by atoms with Gasteiger partial charge in [-0.15, -0.1) is 0 Å². The van der Waals surface area contributed by atoms with Crippen molar-refractivity contribution in [2.45, 2.75) is 5.91 Å². The molecule has 6 aromatic rings. The summed E-state index contributed by atoms with van der Waals surface area (Å²) in [5.41, 5.74) is 6.87. The number of aromatic amines is 2. The Bertz CT molecular complexity index is 2690. The molecule has 16 heteroatoms. The summed E-state index contributed by atoms with van der Waals surface area (Å²) in [6.45, 7) is 0. The first-order valence-electron chi connectivity index (χ1n) is 11.4. The molecule has 1 atom stereocenters. The molecule has 2 N–H and O–H groups in total. The summed E-state index contributed by atoms with van der Waals surface area (Å²) in [6, 6.07) is 0. The zero-order valence-corrected chi connectivity index (χ0v) is 18.1. The number of aromatic nitrogens is 8. The Morgan fingerprint density at radius 2 is 1.19 bits per heavy atom. The van der Waals surface area contributed by atoms with Crippen LogP contribution < -0.4 is 32.7 Å². The monoisotopic (exact) mass is 482 g/mol. The zero-order valence-electron chi connectivity index (χ0n) is 18.1. The van der Waals surface area contributed by atoms with Crippen molar-refractivity contribution in [3.05, 3.63) is 45.3 Å². The van der Waals surface area contributed by atoms with Crippen molar-refractivity contribution in [3.8, 4) is 0 Å². The molecule has 0 aliphatic carbocycles. The van der Waals surface area contributed by atoms with Gasteiger partial charge in [0.1, 0.15) is 56.8 Å². The lowest BCUT2D eigenvalue weighted by Crippen LogP contribution is -2.69. The third-order valence-corrected chi connectivity index (χ3v) is 7.93. The summed E-state index contributed by atoms with van der Waals surface area (Å²) in [6.07, 6.45) is 6.40. The Labute approximate surface area is 199 Å². The van der Waals surface area contributed by atoms with Gasteiger partial charge in [-0.1, -0.05) is 0 Å². The Morgan fingerprint density at radius 1 is 0.568 bits per heavy atom. The molecule has 0 radical (unpaired) electrons. The first-order chi connectivity index (χ1) is 18.4. The molecule has 1 spiro atoms. The maximum atomic E-state index is 5.13. The number of hydrogen-bond donors (Lipinski definition) is 2. The summed E-state index contributed by atoms with van der Waals surface area (Å²) >= 11 is 0. The fraction of sp³-hybridized carbons (Fsp3) is 0.0476. The van der Waals surface area contributed by atoms with E-state index in [1.54, 1.807) is 12.7 Å². The van der Waals surface area contributed by atoms with Gasteiger partial charge in [-0.05, 0) is 0 Å². The number of aliphatic imine (C=N–C) groups is 2. The molecule has 0 amide bonds. The van der Waals surface area contributed by atoms with E-state index in [4.69, 9.17) is 20.0 Å². The number of hydrogen-bond acceptors (Lipinski definition) is 10. The maximum absolute atomic E-state index is 5.13. The van der Waals surface area contributed by atoms with Crippen molar-refractivity contribution in [2.75, 3.05) is 0 Å². The van der Waals surface area contributed by atoms with Crippen LogP contribution in [0.4, 0.5) is 34.6 Å². The van der Waals surface area contributed by atoms with E-state index in [-0.39, 0.29) is 0 Å². The lowest BCUT2D eigenvalue weighted by molar-refractivity contribution is 0.0950. The first-order valence-corrected chi connectivity index (χ1v) is 11.4. The molecule has 6 aliphatic heterocycles. The van der Waals surface area contributed by atoms with Crippen molar-refractivity contribution < 1.29 is 0 Å². The number of rotatable bonds is 0. The smallest absolute Gasteiger partial charge is 0.305 e. The minimum atomic E-state index is -1.12. The van der Waals surface area contributed by atoms with Crippen LogP contribution in [-0.2, 0) is 5.91 Å². The van der Waals surface area contributed by atoms with E-state index in [1.165, 1.54) is 12.7 Å². The quantitative estimate of drug-likeness (QED) is 0.268. The topological polar surface area (TPSA) is 176 Å². The van der Waals surface area contributed by atoms with E-state index < -0.39 is 5.91 Å². The zero-order chi connectivity index (χ0) is 23.4. The average molecular weight is 482 g/mol. The molecular weight excluding hydrogens is 476 g/mol. The SMILES string of the molecule is C1=Nc2c3n4c(c2=N1)=Nc1c2nc[nH]c2c2n1C41n4c(c5c(c4=N3)=NC=N5)N=c3c4nc[nH]c4c(n31)=N2. The van der Waals surface area contributed by atoms with Crippen molar-refractivity contribution in [1.82, 2.24) is 38.2 Å². The van der Waals surface area contributed by atoms with Crippen LogP contribution in [0.15, 0.2) is 52.6 Å². The van der Waals surface area contributed by atoms with Crippen LogP contribution in [0.25, 0.3) is 22.1 Å². The Balaban J connectivity index is 1.54. The fourth-order valence-corrected chi connectivity index (χ4v) is 6.68. The summed E-state index contributed by atoms with van der Waals surface area (Å²) in [4.78, 5) is 54.6. The van der Waals surface area contributed by atoms with Crippen LogP contribution in [0.1, 0.15) is 0 Å². The number of nitrogens with one attached hydrogen (secondary N) is 2. The van der Waals surface area contributed by atoms with Gasteiger partial charge >= 0.3 is 5.91 Å². The minimum absolute atomic E-state index is 0.626. The first kappa shape index (κ1) is 16.0. The van der Waals surface area contributed by atoms with Crippen LogP contribution >= 0.6 is 0 Å². The van der Waals surface area contributed by atoms with E-state index >= 15 is 0 Å². The minimum Gasteiger partial charge on any atom is -0.341 e. The summed E-state index contributed by atoms with van der Waals surface area (Å²) in [5, 5.41) is 1.32. The molecule has 0 saturated carbocycles. The third-order valence-electron chi connectivity index (χ3n) is 7.93. The van der Waals surface area contributed by atoms with Crippen molar-refractivity contribution in [2.24, 2.45) is 39.9 Å². The lowest BCUT2D eigenvalue weighted by atomic mass is 10.3. The molecule has 6 aromatic heterocycles. The van der Waals surface area contributed by atoms with Gasteiger partial charge in [0.2, 0.25) is 0 Å². The molecule has 6 aliphatic rings. The maximum Gasteiger partial charge on any atom is 0.305 e. The van der Waals surface area contributed by atoms with Crippen molar-refractivity contribution in [1.29, 1.82) is 0 Å². The highest BCUT2D eigenvalue weighted by Gasteiger charge is 2.57. The highest BCUT2D eigenvalue weighted by Crippen LogP contribution is 2.49. The predicted octanol–water partition coefficient (Wildman–Crippen LogP) is -1.50. The van der Waals surface area contributed by atoms with Crippen LogP contribution in [0.2, 0.25) is 0 Å². The van der Waals surface area contributed by atoms with E-state index in [0.717, 1.165) is 11.0 Å². The van der Waals surface area contributed by atoms with Gasteiger partial charge in [-0.3, -0.25) is 0 Å². The van der Waals surface area contributed by atoms with Crippen molar-refractivity contribution >= 4 is 69.4 Å².